The number of oxime groups is 1. The van der Waals surface area contributed by atoms with E-state index in [2.05, 4.69) is 10.1 Å². The molecule has 1 N–H and O–H groups in total. The van der Waals surface area contributed by atoms with E-state index in [1.54, 1.807) is 53.5 Å². The predicted octanol–water partition coefficient (Wildman–Crippen LogP) is 6.49. The van der Waals surface area contributed by atoms with Gasteiger partial charge in [-0.1, -0.05) is 63.7 Å². The second kappa shape index (κ2) is 12.5. The van der Waals surface area contributed by atoms with E-state index in [-0.39, 0.29) is 24.8 Å². The first-order valence-electron chi connectivity index (χ1n) is 11.8. The van der Waals surface area contributed by atoms with E-state index < -0.39 is 0 Å². The summed E-state index contributed by atoms with van der Waals surface area (Å²) in [5, 5.41) is 13.9. The van der Waals surface area contributed by atoms with E-state index in [1.807, 2.05) is 0 Å². The number of benzene rings is 2. The number of amides is 1. The Bertz CT molecular complexity index is 1220. The van der Waals surface area contributed by atoms with E-state index >= 15 is 0 Å². The Morgan fingerprint density at radius 3 is 1.84 bits per heavy atom. The molecule has 37 heavy (non-hydrogen) atoms. The number of piperidine rings is 2. The van der Waals surface area contributed by atoms with Gasteiger partial charge in [-0.25, -0.2) is 0 Å². The molecule has 6 nitrogen and oxygen atoms in total. The Balaban J connectivity index is 1.57. The highest BCUT2D eigenvalue weighted by atomic mass is 35.5. The second-order valence-corrected chi connectivity index (χ2v) is 10.7. The molecule has 0 aliphatic carbocycles. The van der Waals surface area contributed by atoms with Crippen molar-refractivity contribution in [2.75, 3.05) is 32.7 Å². The zero-order chi connectivity index (χ0) is 26.5. The van der Waals surface area contributed by atoms with Gasteiger partial charge in [0.25, 0.3) is 0 Å². The van der Waals surface area contributed by atoms with E-state index in [0.717, 1.165) is 29.9 Å². The molecule has 0 aromatic heterocycles. The lowest BCUT2D eigenvalue weighted by atomic mass is 9.94. The molecule has 0 bridgehead atoms. The van der Waals surface area contributed by atoms with Gasteiger partial charge in [-0.15, -0.1) is 0 Å². The van der Waals surface area contributed by atoms with E-state index in [4.69, 9.17) is 51.6 Å². The Hall–Kier alpha value is -2.35. The minimum Gasteiger partial charge on any atom is -0.411 e. The monoisotopic (exact) mass is 579 g/mol. The number of carbonyl (C=O) groups excluding carboxylic acids is 2. The van der Waals surface area contributed by atoms with Crippen LogP contribution < -0.4 is 0 Å². The first-order chi connectivity index (χ1) is 17.7. The van der Waals surface area contributed by atoms with Crippen LogP contribution in [0.15, 0.2) is 52.7 Å². The normalized spacial score (nSPS) is 19.1. The van der Waals surface area contributed by atoms with Crippen molar-refractivity contribution in [1.82, 2.24) is 9.80 Å². The molecule has 2 aliphatic rings. The number of carbonyl (C=O) groups is 2. The summed E-state index contributed by atoms with van der Waals surface area (Å²) in [6.07, 6.45) is 5.19. The molecule has 1 amide bonds. The molecule has 2 fully saturated rings. The van der Waals surface area contributed by atoms with Crippen LogP contribution in [0, 0.1) is 0 Å². The Morgan fingerprint density at radius 2 is 1.38 bits per heavy atom. The standard InChI is InChI=1S/C27H25Cl4N3O3/c28-22-3-1-17(13-24(22)30)11-19-15-34(26(35)7-10-33-8-5-21(32-37)6-9-33)16-20(27(19)36)12-18-2-4-23(29)25(31)14-18/h1-4,11-14,37H,5-10,15-16H2/b19-11+,20-12+. The van der Waals surface area contributed by atoms with Crippen molar-refractivity contribution < 1.29 is 14.8 Å². The van der Waals surface area contributed by atoms with Gasteiger partial charge in [0.05, 0.1) is 25.8 Å². The molecule has 0 saturated carbocycles. The van der Waals surface area contributed by atoms with Gasteiger partial charge in [0.1, 0.15) is 0 Å². The van der Waals surface area contributed by atoms with Crippen LogP contribution in [0.4, 0.5) is 0 Å². The number of hydrogen-bond acceptors (Lipinski definition) is 5. The number of halogens is 4. The largest absolute Gasteiger partial charge is 0.411 e. The quantitative estimate of drug-likeness (QED) is 0.249. The molecule has 0 spiro atoms. The molecule has 0 unspecified atom stereocenters. The van der Waals surface area contributed by atoms with Gasteiger partial charge in [-0.3, -0.25) is 9.59 Å². The number of rotatable bonds is 5. The molecule has 2 aliphatic heterocycles. The lowest BCUT2D eigenvalue weighted by Gasteiger charge is -2.32. The van der Waals surface area contributed by atoms with Crippen LogP contribution in [0.5, 0.6) is 0 Å². The molecular weight excluding hydrogens is 556 g/mol. The first kappa shape index (κ1) is 27.7. The minimum absolute atomic E-state index is 0.0470. The van der Waals surface area contributed by atoms with E-state index in [1.165, 1.54) is 0 Å². The summed E-state index contributed by atoms with van der Waals surface area (Å²) >= 11 is 24.4. The van der Waals surface area contributed by atoms with Gasteiger partial charge < -0.3 is 15.0 Å². The van der Waals surface area contributed by atoms with Crippen molar-refractivity contribution in [3.05, 3.63) is 78.8 Å². The van der Waals surface area contributed by atoms with Gasteiger partial charge in [0, 0.05) is 63.1 Å². The van der Waals surface area contributed by atoms with Crippen molar-refractivity contribution in [1.29, 1.82) is 0 Å². The van der Waals surface area contributed by atoms with Crippen molar-refractivity contribution >= 4 is 76.0 Å². The maximum Gasteiger partial charge on any atom is 0.224 e. The highest BCUT2D eigenvalue weighted by molar-refractivity contribution is 6.42. The van der Waals surface area contributed by atoms with Crippen molar-refractivity contribution in [3.63, 3.8) is 0 Å². The highest BCUT2D eigenvalue weighted by Crippen LogP contribution is 2.28. The third-order valence-electron chi connectivity index (χ3n) is 6.44. The van der Waals surface area contributed by atoms with E-state index in [0.29, 0.717) is 57.0 Å². The Labute approximate surface area is 235 Å². The van der Waals surface area contributed by atoms with Crippen LogP contribution in [-0.2, 0) is 9.59 Å². The summed E-state index contributed by atoms with van der Waals surface area (Å²) in [7, 11) is 0. The molecule has 2 saturated heterocycles. The van der Waals surface area contributed by atoms with Crippen molar-refractivity contribution in [2.45, 2.75) is 19.3 Å². The van der Waals surface area contributed by atoms with Gasteiger partial charge in [-0.05, 0) is 47.5 Å². The zero-order valence-electron chi connectivity index (χ0n) is 19.9. The number of nitrogens with zero attached hydrogens (tertiary/aromatic N) is 3. The maximum atomic E-state index is 13.4. The third-order valence-corrected chi connectivity index (χ3v) is 7.92. The highest BCUT2D eigenvalue weighted by Gasteiger charge is 2.29. The predicted molar refractivity (Wildman–Crippen MR) is 150 cm³/mol. The van der Waals surface area contributed by atoms with Crippen molar-refractivity contribution in [3.8, 4) is 0 Å². The molecule has 0 atom stereocenters. The molecule has 0 radical (unpaired) electrons. The number of ketones is 1. The Morgan fingerprint density at radius 1 is 0.865 bits per heavy atom. The van der Waals surface area contributed by atoms with Crippen LogP contribution in [-0.4, -0.2) is 65.1 Å². The molecule has 2 aromatic rings. The summed E-state index contributed by atoms with van der Waals surface area (Å²) < 4.78 is 0. The number of Topliss-reactive ketones (excluding diaryl/α,β-unsaturated/α-hetero) is 1. The summed E-state index contributed by atoms with van der Waals surface area (Å²) in [6.45, 7) is 2.47. The fourth-order valence-electron chi connectivity index (χ4n) is 4.37. The topological polar surface area (TPSA) is 73.2 Å². The average Bonchev–Trinajstić information content (AvgIpc) is 2.89. The number of hydrogen-bond donors (Lipinski definition) is 1. The summed E-state index contributed by atoms with van der Waals surface area (Å²) in [4.78, 5) is 30.6. The zero-order valence-corrected chi connectivity index (χ0v) is 22.9. The van der Waals surface area contributed by atoms with Gasteiger partial charge in [-0.2, -0.15) is 0 Å². The summed E-state index contributed by atoms with van der Waals surface area (Å²) in [6, 6.07) is 10.3. The summed E-state index contributed by atoms with van der Waals surface area (Å²) in [5.74, 6) is -0.192. The van der Waals surface area contributed by atoms with Gasteiger partial charge >= 0.3 is 0 Å². The smallest absolute Gasteiger partial charge is 0.224 e. The lowest BCUT2D eigenvalue weighted by molar-refractivity contribution is -0.131. The SMILES string of the molecule is O=C1/C(=C/c2ccc(Cl)c(Cl)c2)CN(C(=O)CCN2CCC(=NO)CC2)C/C1=C\c1ccc(Cl)c(Cl)c1. The van der Waals surface area contributed by atoms with Gasteiger partial charge in [0.2, 0.25) is 5.91 Å². The number of likely N-dealkylation sites (tertiary alicyclic amines) is 2. The van der Waals surface area contributed by atoms with Crippen LogP contribution in [0.2, 0.25) is 20.1 Å². The Kier molecular flexibility index (Phi) is 9.32. The van der Waals surface area contributed by atoms with Crippen LogP contribution in [0.1, 0.15) is 30.4 Å². The second-order valence-electron chi connectivity index (χ2n) is 9.02. The molecule has 194 valence electrons. The van der Waals surface area contributed by atoms with Gasteiger partial charge in [0.15, 0.2) is 5.78 Å². The van der Waals surface area contributed by atoms with Crippen molar-refractivity contribution in [2.24, 2.45) is 5.16 Å². The maximum absolute atomic E-state index is 13.4. The van der Waals surface area contributed by atoms with Crippen LogP contribution in [0.25, 0.3) is 12.2 Å². The van der Waals surface area contributed by atoms with Crippen LogP contribution >= 0.6 is 46.4 Å². The molecule has 2 heterocycles. The fourth-order valence-corrected chi connectivity index (χ4v) is 4.98. The first-order valence-corrected chi connectivity index (χ1v) is 13.3. The summed E-state index contributed by atoms with van der Waals surface area (Å²) in [5.41, 5.74) is 3.18. The lowest BCUT2D eigenvalue weighted by Crippen LogP contribution is -2.43. The average molecular weight is 581 g/mol. The minimum atomic E-state index is -0.145. The van der Waals surface area contributed by atoms with E-state index in [9.17, 15) is 9.59 Å². The molecule has 10 heteroatoms. The fraction of sp³-hybridized carbons (Fsp3) is 0.296. The molecule has 2 aromatic carbocycles. The third kappa shape index (κ3) is 7.15. The molecule has 4 rings (SSSR count). The molecular formula is C27H25Cl4N3O3. The van der Waals surface area contributed by atoms with Crippen LogP contribution in [0.3, 0.4) is 0 Å².